The monoisotopic (exact) mass is 438 g/mol. The summed E-state index contributed by atoms with van der Waals surface area (Å²) in [6.45, 7) is 7.87. The Morgan fingerprint density at radius 1 is 1.03 bits per heavy atom. The lowest BCUT2D eigenvalue weighted by Gasteiger charge is -2.24. The zero-order chi connectivity index (χ0) is 23.1. The molecule has 0 atom stereocenters. The lowest BCUT2D eigenvalue weighted by atomic mass is 10.1. The Balaban J connectivity index is 1.51. The summed E-state index contributed by atoms with van der Waals surface area (Å²) >= 11 is 0. The Morgan fingerprint density at radius 2 is 1.69 bits per heavy atom. The second-order valence-corrected chi connectivity index (χ2v) is 8.24. The van der Waals surface area contributed by atoms with Gasteiger partial charge in [0.05, 0.1) is 13.2 Å². The molecule has 0 saturated heterocycles. The number of carbonyl (C=O) groups is 1. The smallest absolute Gasteiger partial charge is 0.437 e. The third-order valence-electron chi connectivity index (χ3n) is 5.02. The van der Waals surface area contributed by atoms with Crippen molar-refractivity contribution in [1.29, 1.82) is 0 Å². The number of hydrogen-bond donors (Lipinski definition) is 0. The molecular formula is C25H30N2O5. The summed E-state index contributed by atoms with van der Waals surface area (Å²) in [6.07, 6.45) is 2.17. The highest BCUT2D eigenvalue weighted by atomic mass is 16.6. The first-order valence-corrected chi connectivity index (χ1v) is 10.8. The number of carbonyl (C=O) groups excluding carboxylic acids is 1. The number of ether oxygens (including phenoxy) is 2. The molecule has 1 aromatic heterocycles. The van der Waals surface area contributed by atoms with Gasteiger partial charge in [-0.1, -0.05) is 42.0 Å². The van der Waals surface area contributed by atoms with Crippen molar-refractivity contribution in [3.05, 3.63) is 81.7 Å². The van der Waals surface area contributed by atoms with Crippen molar-refractivity contribution in [2.45, 2.75) is 59.1 Å². The van der Waals surface area contributed by atoms with E-state index < -0.39 is 17.3 Å². The van der Waals surface area contributed by atoms with Crippen LogP contribution < -0.4 is 10.5 Å². The van der Waals surface area contributed by atoms with Crippen LogP contribution >= 0.6 is 0 Å². The largest absolute Gasteiger partial charge is 0.476 e. The predicted octanol–water partition coefficient (Wildman–Crippen LogP) is 4.09. The molecule has 2 aromatic carbocycles. The standard InChI is InChI=1S/C25H30N2O5/c1-5-30-23(28)25(3,4)32-21-15-13-19(14-16-21)7-6-8-22-26-27(24(29)31-22)17-20-11-9-18(2)10-12-20/h9-16H,5-8,17H2,1-4H3. The molecule has 3 aromatic rings. The van der Waals surface area contributed by atoms with Crippen LogP contribution in [-0.4, -0.2) is 28.0 Å². The van der Waals surface area contributed by atoms with Gasteiger partial charge in [-0.05, 0) is 63.8 Å². The van der Waals surface area contributed by atoms with Gasteiger partial charge in [-0.2, -0.15) is 4.68 Å². The average Bonchev–Trinajstić information content (AvgIpc) is 3.10. The maximum Gasteiger partial charge on any atom is 0.437 e. The highest BCUT2D eigenvalue weighted by molar-refractivity contribution is 5.79. The number of rotatable bonds is 10. The van der Waals surface area contributed by atoms with Crippen molar-refractivity contribution >= 4 is 5.97 Å². The molecule has 0 aliphatic heterocycles. The molecule has 32 heavy (non-hydrogen) atoms. The third kappa shape index (κ3) is 6.33. The maximum absolute atomic E-state index is 12.1. The van der Waals surface area contributed by atoms with Crippen LogP contribution in [0.3, 0.4) is 0 Å². The van der Waals surface area contributed by atoms with Crippen LogP contribution in [0.1, 0.15) is 49.8 Å². The second kappa shape index (κ2) is 10.3. The number of hydrogen-bond acceptors (Lipinski definition) is 6. The molecule has 0 aliphatic rings. The number of nitrogens with zero attached hydrogens (tertiary/aromatic N) is 2. The topological polar surface area (TPSA) is 83.6 Å². The number of benzene rings is 2. The Bertz CT molecular complexity index is 1080. The van der Waals surface area contributed by atoms with Gasteiger partial charge < -0.3 is 13.9 Å². The van der Waals surface area contributed by atoms with Crippen LogP contribution in [0.2, 0.25) is 0 Å². The van der Waals surface area contributed by atoms with Crippen molar-refractivity contribution in [3.63, 3.8) is 0 Å². The van der Waals surface area contributed by atoms with Crippen LogP contribution in [0, 0.1) is 6.92 Å². The van der Waals surface area contributed by atoms with Gasteiger partial charge in [-0.25, -0.2) is 9.59 Å². The minimum absolute atomic E-state index is 0.314. The molecular weight excluding hydrogens is 408 g/mol. The van der Waals surface area contributed by atoms with E-state index in [-0.39, 0.29) is 0 Å². The molecule has 0 spiro atoms. The second-order valence-electron chi connectivity index (χ2n) is 8.24. The summed E-state index contributed by atoms with van der Waals surface area (Å²) in [4.78, 5) is 24.0. The van der Waals surface area contributed by atoms with Gasteiger partial charge in [0.1, 0.15) is 5.75 Å². The number of aromatic nitrogens is 2. The Labute approximate surface area is 188 Å². The quantitative estimate of drug-likeness (QED) is 0.444. The molecule has 0 saturated carbocycles. The Morgan fingerprint density at radius 3 is 2.34 bits per heavy atom. The van der Waals surface area contributed by atoms with E-state index in [1.54, 1.807) is 20.8 Å². The number of esters is 1. The molecule has 1 heterocycles. The first-order valence-electron chi connectivity index (χ1n) is 10.8. The normalized spacial score (nSPS) is 11.4. The van der Waals surface area contributed by atoms with Crippen molar-refractivity contribution in [2.75, 3.05) is 6.61 Å². The van der Waals surface area contributed by atoms with E-state index >= 15 is 0 Å². The summed E-state index contributed by atoms with van der Waals surface area (Å²) in [7, 11) is 0. The highest BCUT2D eigenvalue weighted by Crippen LogP contribution is 2.21. The third-order valence-corrected chi connectivity index (χ3v) is 5.02. The van der Waals surface area contributed by atoms with E-state index in [0.717, 1.165) is 24.0 Å². The lowest BCUT2D eigenvalue weighted by Crippen LogP contribution is -2.39. The fourth-order valence-corrected chi connectivity index (χ4v) is 3.23. The van der Waals surface area contributed by atoms with E-state index in [1.165, 1.54) is 10.2 Å². The summed E-state index contributed by atoms with van der Waals surface area (Å²) in [5.74, 6) is 0.213. The Kier molecular flexibility index (Phi) is 7.51. The predicted molar refractivity (Wildman–Crippen MR) is 121 cm³/mol. The average molecular weight is 439 g/mol. The SMILES string of the molecule is CCOC(=O)C(C)(C)Oc1ccc(CCCc2nn(Cc3ccc(C)cc3)c(=O)o2)cc1. The summed E-state index contributed by atoms with van der Waals surface area (Å²) in [5, 5.41) is 4.32. The minimum atomic E-state index is -1.05. The minimum Gasteiger partial charge on any atom is -0.476 e. The van der Waals surface area contributed by atoms with Crippen LogP contribution in [-0.2, 0) is 28.9 Å². The van der Waals surface area contributed by atoms with Gasteiger partial charge in [-0.15, -0.1) is 5.10 Å². The molecule has 0 fully saturated rings. The van der Waals surface area contributed by atoms with Crippen LogP contribution in [0.25, 0.3) is 0 Å². The van der Waals surface area contributed by atoms with Gasteiger partial charge in [0.2, 0.25) is 5.89 Å². The molecule has 3 rings (SSSR count). The van der Waals surface area contributed by atoms with Gasteiger partial charge in [-0.3, -0.25) is 0 Å². The fourth-order valence-electron chi connectivity index (χ4n) is 3.23. The van der Waals surface area contributed by atoms with E-state index in [0.29, 0.717) is 31.2 Å². The molecule has 7 heteroatoms. The maximum atomic E-state index is 12.1. The zero-order valence-electron chi connectivity index (χ0n) is 19.1. The fraction of sp³-hybridized carbons (Fsp3) is 0.400. The van der Waals surface area contributed by atoms with Crippen molar-refractivity contribution in [3.8, 4) is 5.75 Å². The van der Waals surface area contributed by atoms with Crippen LogP contribution in [0.5, 0.6) is 5.75 Å². The molecule has 0 radical (unpaired) electrons. The first kappa shape index (κ1) is 23.3. The van der Waals surface area contributed by atoms with E-state index in [2.05, 4.69) is 5.10 Å². The molecule has 0 N–H and O–H groups in total. The Hall–Kier alpha value is -3.35. The van der Waals surface area contributed by atoms with E-state index in [4.69, 9.17) is 13.9 Å². The van der Waals surface area contributed by atoms with E-state index in [9.17, 15) is 9.59 Å². The summed E-state index contributed by atoms with van der Waals surface area (Å²) in [6, 6.07) is 15.6. The van der Waals surface area contributed by atoms with Gasteiger partial charge >= 0.3 is 11.7 Å². The van der Waals surface area contributed by atoms with Crippen molar-refractivity contribution < 1.29 is 18.7 Å². The molecule has 0 aliphatic carbocycles. The number of aryl methyl sites for hydroxylation is 3. The lowest BCUT2D eigenvalue weighted by molar-refractivity contribution is -0.158. The van der Waals surface area contributed by atoms with E-state index in [1.807, 2.05) is 55.5 Å². The van der Waals surface area contributed by atoms with Crippen molar-refractivity contribution in [2.24, 2.45) is 0 Å². The molecule has 7 nitrogen and oxygen atoms in total. The summed E-state index contributed by atoms with van der Waals surface area (Å²) in [5.41, 5.74) is 2.25. The van der Waals surface area contributed by atoms with Crippen molar-refractivity contribution in [1.82, 2.24) is 9.78 Å². The van der Waals surface area contributed by atoms with Crippen LogP contribution in [0.4, 0.5) is 0 Å². The molecule has 0 bridgehead atoms. The van der Waals surface area contributed by atoms with Crippen LogP contribution in [0.15, 0.2) is 57.7 Å². The molecule has 0 amide bonds. The molecule has 0 unspecified atom stereocenters. The van der Waals surface area contributed by atoms with Gasteiger partial charge in [0, 0.05) is 6.42 Å². The van der Waals surface area contributed by atoms with Gasteiger partial charge in [0.15, 0.2) is 5.60 Å². The summed E-state index contributed by atoms with van der Waals surface area (Å²) < 4.78 is 17.5. The van der Waals surface area contributed by atoms with Gasteiger partial charge in [0.25, 0.3) is 0 Å². The zero-order valence-corrected chi connectivity index (χ0v) is 19.1. The molecule has 170 valence electrons. The first-order chi connectivity index (χ1) is 15.3. The highest BCUT2D eigenvalue weighted by Gasteiger charge is 2.31.